The highest BCUT2D eigenvalue weighted by molar-refractivity contribution is 6.01. The third-order valence-corrected chi connectivity index (χ3v) is 4.75. The molecule has 2 aromatic heterocycles. The van der Waals surface area contributed by atoms with E-state index < -0.39 is 23.9 Å². The van der Waals surface area contributed by atoms with Gasteiger partial charge < -0.3 is 20.4 Å². The van der Waals surface area contributed by atoms with Crippen LogP contribution in [0.1, 0.15) is 27.5 Å². The molecule has 0 saturated heterocycles. The summed E-state index contributed by atoms with van der Waals surface area (Å²) in [7, 11) is 1.47. The second-order valence-electron chi connectivity index (χ2n) is 7.04. The Morgan fingerprint density at radius 3 is 2.76 bits per heavy atom. The normalized spacial score (nSPS) is 15.0. The summed E-state index contributed by atoms with van der Waals surface area (Å²) in [5, 5.41) is 5.51. The highest BCUT2D eigenvalue weighted by Gasteiger charge is 2.38. The van der Waals surface area contributed by atoms with E-state index in [1.807, 2.05) is 0 Å². The van der Waals surface area contributed by atoms with E-state index in [0.717, 1.165) is 6.08 Å². The summed E-state index contributed by atoms with van der Waals surface area (Å²) in [5.41, 5.74) is 0.476. The van der Waals surface area contributed by atoms with Crippen LogP contribution in [0.15, 0.2) is 36.7 Å². The molecule has 1 aromatic carbocycles. The predicted octanol–water partition coefficient (Wildman–Crippen LogP) is 1.75. The number of alkyl halides is 3. The fraction of sp³-hybridized carbons (Fsp3) is 0.190. The number of halogens is 3. The molecule has 1 aliphatic carbocycles. The number of amides is 2. The number of imidazole rings is 1. The number of rotatable bonds is 5. The lowest BCUT2D eigenvalue weighted by Crippen LogP contribution is -2.33. The van der Waals surface area contributed by atoms with Crippen LogP contribution in [-0.2, 0) is 0 Å². The number of benzene rings is 1. The molecular formula is C21H17F3N6O3. The first-order valence-corrected chi connectivity index (χ1v) is 9.71. The summed E-state index contributed by atoms with van der Waals surface area (Å²) in [6.45, 7) is 0. The summed E-state index contributed by atoms with van der Waals surface area (Å²) in [5.74, 6) is -2.33. The number of anilines is 1. The summed E-state index contributed by atoms with van der Waals surface area (Å²) in [4.78, 5) is 38.8. The third kappa shape index (κ3) is 5.00. The van der Waals surface area contributed by atoms with Crippen LogP contribution in [0.2, 0.25) is 0 Å². The number of ether oxygens (including phenoxy) is 1. The van der Waals surface area contributed by atoms with Crippen LogP contribution in [0.3, 0.4) is 0 Å². The molecule has 9 nitrogen and oxygen atoms in total. The summed E-state index contributed by atoms with van der Waals surface area (Å²) >= 11 is 0. The third-order valence-electron chi connectivity index (χ3n) is 4.75. The molecule has 0 radical (unpaired) electrons. The lowest BCUT2D eigenvalue weighted by Gasteiger charge is -2.15. The van der Waals surface area contributed by atoms with E-state index in [4.69, 9.17) is 4.74 Å². The topological polar surface area (TPSA) is 122 Å². The molecule has 2 heterocycles. The molecule has 2 amide bonds. The van der Waals surface area contributed by atoms with Crippen molar-refractivity contribution in [2.24, 2.45) is 5.92 Å². The van der Waals surface area contributed by atoms with E-state index in [1.165, 1.54) is 31.6 Å². The van der Waals surface area contributed by atoms with E-state index in [1.54, 1.807) is 18.2 Å². The Balaban J connectivity index is 1.49. The first-order chi connectivity index (χ1) is 15.7. The molecule has 0 fully saturated rings. The highest BCUT2D eigenvalue weighted by Crippen LogP contribution is 2.30. The van der Waals surface area contributed by atoms with Crippen LogP contribution in [0.25, 0.3) is 12.2 Å². The van der Waals surface area contributed by atoms with Gasteiger partial charge in [-0.2, -0.15) is 13.2 Å². The Labute approximate surface area is 184 Å². The standard InChI is InChI=1S/C21H17F3N6O3/c1-25-19(31)16-9-17(27-10-26-16)33-13-4-2-3-12(8-13)28-20(32)18-29-14-6-5-11(21(22,23)24)7-15(14)30-18/h2-4,6-11H,5H2,1H3,(H,25,31)(H,28,32)(H,29,30). The van der Waals surface area contributed by atoms with E-state index in [0.29, 0.717) is 16.8 Å². The van der Waals surface area contributed by atoms with Gasteiger partial charge in [-0.15, -0.1) is 0 Å². The van der Waals surface area contributed by atoms with Crippen molar-refractivity contribution < 1.29 is 27.5 Å². The molecule has 170 valence electrons. The van der Waals surface area contributed by atoms with Crippen LogP contribution in [-0.4, -0.2) is 45.0 Å². The lowest BCUT2D eigenvalue weighted by molar-refractivity contribution is -0.155. The molecule has 3 aromatic rings. The van der Waals surface area contributed by atoms with Crippen LogP contribution < -0.4 is 26.1 Å². The second kappa shape index (κ2) is 8.73. The van der Waals surface area contributed by atoms with Gasteiger partial charge in [0.1, 0.15) is 17.8 Å². The van der Waals surface area contributed by atoms with Gasteiger partial charge >= 0.3 is 6.18 Å². The van der Waals surface area contributed by atoms with Crippen molar-refractivity contribution in [2.75, 3.05) is 12.4 Å². The quantitative estimate of drug-likeness (QED) is 0.536. The molecular weight excluding hydrogens is 441 g/mol. The van der Waals surface area contributed by atoms with Crippen LogP contribution in [0, 0.1) is 5.92 Å². The Morgan fingerprint density at radius 2 is 2.00 bits per heavy atom. The summed E-state index contributed by atoms with van der Waals surface area (Å²) in [6, 6.07) is 7.71. The van der Waals surface area contributed by atoms with Gasteiger partial charge in [-0.3, -0.25) is 9.59 Å². The average Bonchev–Trinajstić information content (AvgIpc) is 3.22. The molecule has 12 heteroatoms. The number of hydrogen-bond acceptors (Lipinski definition) is 6. The Bertz CT molecular complexity index is 1340. The maximum atomic E-state index is 13.0. The first-order valence-electron chi connectivity index (χ1n) is 9.71. The molecule has 4 rings (SSSR count). The van der Waals surface area contributed by atoms with Crippen molar-refractivity contribution in [1.29, 1.82) is 0 Å². The van der Waals surface area contributed by atoms with Gasteiger partial charge in [-0.25, -0.2) is 15.0 Å². The molecule has 0 saturated carbocycles. The molecule has 1 unspecified atom stereocenters. The SMILES string of the molecule is CNC(=O)c1cc(Oc2cccc(NC(=O)c3nc4c([nH]3)=CC(C(F)(F)F)CC=4)c2)ncn1. The monoisotopic (exact) mass is 458 g/mol. The van der Waals surface area contributed by atoms with Gasteiger partial charge in [-0.05, 0) is 24.6 Å². The minimum Gasteiger partial charge on any atom is -0.439 e. The van der Waals surface area contributed by atoms with Crippen LogP contribution >= 0.6 is 0 Å². The van der Waals surface area contributed by atoms with Gasteiger partial charge in [-0.1, -0.05) is 12.1 Å². The fourth-order valence-electron chi connectivity index (χ4n) is 3.12. The molecule has 33 heavy (non-hydrogen) atoms. The molecule has 3 N–H and O–H groups in total. The summed E-state index contributed by atoms with van der Waals surface area (Å²) < 4.78 is 44.5. The second-order valence-corrected chi connectivity index (χ2v) is 7.04. The maximum absolute atomic E-state index is 13.0. The average molecular weight is 458 g/mol. The zero-order valence-corrected chi connectivity index (χ0v) is 17.1. The van der Waals surface area contributed by atoms with Gasteiger partial charge in [0.2, 0.25) is 5.88 Å². The van der Waals surface area contributed by atoms with Crippen molar-refractivity contribution in [3.63, 3.8) is 0 Å². The van der Waals surface area contributed by atoms with Crippen molar-refractivity contribution in [3.8, 4) is 11.6 Å². The number of carbonyl (C=O) groups is 2. The fourth-order valence-corrected chi connectivity index (χ4v) is 3.12. The zero-order chi connectivity index (χ0) is 23.6. The van der Waals surface area contributed by atoms with Crippen molar-refractivity contribution in [3.05, 3.63) is 58.9 Å². The number of aromatic nitrogens is 4. The minimum absolute atomic E-state index is 0.118. The minimum atomic E-state index is -4.37. The Morgan fingerprint density at radius 1 is 1.18 bits per heavy atom. The van der Waals surface area contributed by atoms with Crippen molar-refractivity contribution in [1.82, 2.24) is 25.3 Å². The van der Waals surface area contributed by atoms with E-state index >= 15 is 0 Å². The number of nitrogens with zero attached hydrogens (tertiary/aromatic N) is 3. The number of hydrogen-bond donors (Lipinski definition) is 3. The first kappa shape index (κ1) is 22.0. The number of H-pyrrole nitrogens is 1. The van der Waals surface area contributed by atoms with Crippen molar-refractivity contribution in [2.45, 2.75) is 12.6 Å². The Hall–Kier alpha value is -4.22. The van der Waals surface area contributed by atoms with Gasteiger partial charge in [0, 0.05) is 24.9 Å². The molecule has 1 aliphatic rings. The van der Waals surface area contributed by atoms with Gasteiger partial charge in [0.25, 0.3) is 11.8 Å². The van der Waals surface area contributed by atoms with E-state index in [-0.39, 0.29) is 29.2 Å². The Kier molecular flexibility index (Phi) is 5.82. The molecule has 0 bridgehead atoms. The van der Waals surface area contributed by atoms with Crippen LogP contribution in [0.5, 0.6) is 11.6 Å². The predicted molar refractivity (Wildman–Crippen MR) is 111 cm³/mol. The van der Waals surface area contributed by atoms with E-state index in [2.05, 4.69) is 30.6 Å². The van der Waals surface area contributed by atoms with Gasteiger partial charge in [0.05, 0.1) is 16.6 Å². The van der Waals surface area contributed by atoms with Gasteiger partial charge in [0.15, 0.2) is 5.82 Å². The number of carbonyl (C=O) groups excluding carboxylic acids is 2. The number of nitrogens with one attached hydrogen (secondary N) is 3. The smallest absolute Gasteiger partial charge is 0.395 e. The number of fused-ring (bicyclic) bond motifs is 1. The molecule has 0 aliphatic heterocycles. The lowest BCUT2D eigenvalue weighted by atomic mass is 10.0. The summed E-state index contributed by atoms with van der Waals surface area (Å²) in [6.07, 6.45) is -1.03. The molecule has 0 spiro atoms. The van der Waals surface area contributed by atoms with Crippen molar-refractivity contribution >= 4 is 29.7 Å². The maximum Gasteiger partial charge on any atom is 0.395 e. The van der Waals surface area contributed by atoms with Crippen LogP contribution in [0.4, 0.5) is 18.9 Å². The highest BCUT2D eigenvalue weighted by atomic mass is 19.4. The zero-order valence-electron chi connectivity index (χ0n) is 17.1. The molecule has 1 atom stereocenters. The largest absolute Gasteiger partial charge is 0.439 e. The van der Waals surface area contributed by atoms with E-state index in [9.17, 15) is 22.8 Å². The number of aromatic amines is 1.